The van der Waals surface area contributed by atoms with Crippen molar-refractivity contribution < 1.29 is 5.11 Å². The number of halogens is 2. The quantitative estimate of drug-likeness (QED) is 0.780. The van der Waals surface area contributed by atoms with Gasteiger partial charge in [0, 0.05) is 22.2 Å². The van der Waals surface area contributed by atoms with Crippen molar-refractivity contribution in [3.05, 3.63) is 33.8 Å². The van der Waals surface area contributed by atoms with Crippen molar-refractivity contribution in [2.45, 2.75) is 31.8 Å². The molecule has 1 unspecified atom stereocenters. The third-order valence-electron chi connectivity index (χ3n) is 3.61. The average molecular weight is 288 g/mol. The van der Waals surface area contributed by atoms with Crippen LogP contribution in [0, 0.1) is 5.92 Å². The second-order valence-corrected chi connectivity index (χ2v) is 5.81. The van der Waals surface area contributed by atoms with E-state index in [0.717, 1.165) is 12.5 Å². The Balaban J connectivity index is 1.75. The first kappa shape index (κ1) is 14.1. The van der Waals surface area contributed by atoms with E-state index in [9.17, 15) is 5.11 Å². The standard InChI is InChI=1S/C14H19Cl2NO/c15-11-4-5-13(16)12(8-11)14(18)9-17-7-6-10-2-1-3-10/h4-5,8,10,14,17-18H,1-3,6-7,9H2. The molecule has 4 heteroatoms. The minimum Gasteiger partial charge on any atom is -0.387 e. The van der Waals surface area contributed by atoms with Gasteiger partial charge in [0.25, 0.3) is 0 Å². The molecule has 1 aromatic carbocycles. The van der Waals surface area contributed by atoms with Gasteiger partial charge in [-0.3, -0.25) is 0 Å². The van der Waals surface area contributed by atoms with Crippen LogP contribution in [0.5, 0.6) is 0 Å². The van der Waals surface area contributed by atoms with Crippen molar-refractivity contribution >= 4 is 23.2 Å². The maximum Gasteiger partial charge on any atom is 0.0929 e. The van der Waals surface area contributed by atoms with Crippen LogP contribution in [0.4, 0.5) is 0 Å². The minimum absolute atomic E-state index is 0.521. The van der Waals surface area contributed by atoms with Gasteiger partial charge in [0.05, 0.1) is 6.10 Å². The number of hydrogen-bond acceptors (Lipinski definition) is 2. The number of aliphatic hydroxyl groups excluding tert-OH is 1. The summed E-state index contributed by atoms with van der Waals surface area (Å²) in [5, 5.41) is 14.5. The van der Waals surface area contributed by atoms with Crippen molar-refractivity contribution in [2.24, 2.45) is 5.92 Å². The van der Waals surface area contributed by atoms with Gasteiger partial charge in [0.1, 0.15) is 0 Å². The Morgan fingerprint density at radius 1 is 1.33 bits per heavy atom. The van der Waals surface area contributed by atoms with Crippen LogP contribution in [0.15, 0.2) is 18.2 Å². The average Bonchev–Trinajstić information content (AvgIpc) is 2.29. The predicted octanol–water partition coefficient (Wildman–Crippen LogP) is 3.81. The van der Waals surface area contributed by atoms with Gasteiger partial charge in [-0.2, -0.15) is 0 Å². The van der Waals surface area contributed by atoms with Crippen molar-refractivity contribution in [2.75, 3.05) is 13.1 Å². The fourth-order valence-electron chi connectivity index (χ4n) is 2.21. The summed E-state index contributed by atoms with van der Waals surface area (Å²) in [6, 6.07) is 5.17. The molecule has 1 saturated carbocycles. The van der Waals surface area contributed by atoms with E-state index in [0.29, 0.717) is 22.2 Å². The molecule has 1 aromatic rings. The van der Waals surface area contributed by atoms with Crippen LogP contribution in [0.3, 0.4) is 0 Å². The highest BCUT2D eigenvalue weighted by atomic mass is 35.5. The summed E-state index contributed by atoms with van der Waals surface area (Å²) in [6.07, 6.45) is 4.72. The topological polar surface area (TPSA) is 32.3 Å². The third-order valence-corrected chi connectivity index (χ3v) is 4.19. The molecular formula is C14H19Cl2NO. The fraction of sp³-hybridized carbons (Fsp3) is 0.571. The van der Waals surface area contributed by atoms with Gasteiger partial charge in [-0.05, 0) is 37.1 Å². The van der Waals surface area contributed by atoms with E-state index in [4.69, 9.17) is 23.2 Å². The van der Waals surface area contributed by atoms with Crippen LogP contribution < -0.4 is 5.32 Å². The molecule has 0 aromatic heterocycles. The third kappa shape index (κ3) is 3.86. The number of rotatable bonds is 6. The van der Waals surface area contributed by atoms with Crippen LogP contribution in [-0.4, -0.2) is 18.2 Å². The van der Waals surface area contributed by atoms with Gasteiger partial charge in [-0.1, -0.05) is 42.5 Å². The lowest BCUT2D eigenvalue weighted by atomic mass is 9.83. The normalized spacial score (nSPS) is 17.5. The summed E-state index contributed by atoms with van der Waals surface area (Å²) in [6.45, 7) is 1.48. The zero-order valence-corrected chi connectivity index (χ0v) is 11.8. The second kappa shape index (κ2) is 6.76. The molecule has 18 heavy (non-hydrogen) atoms. The van der Waals surface area contributed by atoms with E-state index in [-0.39, 0.29) is 0 Å². The first-order chi connectivity index (χ1) is 8.66. The highest BCUT2D eigenvalue weighted by Gasteiger charge is 2.17. The Kier molecular flexibility index (Phi) is 5.31. The van der Waals surface area contributed by atoms with E-state index < -0.39 is 6.10 Å². The predicted molar refractivity (Wildman–Crippen MR) is 76.2 cm³/mol. The lowest BCUT2D eigenvalue weighted by molar-refractivity contribution is 0.172. The smallest absolute Gasteiger partial charge is 0.0929 e. The molecule has 1 fully saturated rings. The SMILES string of the molecule is OC(CNCCC1CCC1)c1cc(Cl)ccc1Cl. The first-order valence-electron chi connectivity index (χ1n) is 6.50. The zero-order chi connectivity index (χ0) is 13.0. The van der Waals surface area contributed by atoms with Crippen LogP contribution in [0.1, 0.15) is 37.4 Å². The first-order valence-corrected chi connectivity index (χ1v) is 7.26. The van der Waals surface area contributed by atoms with Gasteiger partial charge >= 0.3 is 0 Å². The lowest BCUT2D eigenvalue weighted by Crippen LogP contribution is -2.25. The minimum atomic E-state index is -0.599. The maximum absolute atomic E-state index is 10.1. The molecule has 0 aliphatic heterocycles. The molecule has 0 saturated heterocycles. The molecule has 1 aliphatic rings. The molecule has 0 heterocycles. The van der Waals surface area contributed by atoms with Crippen molar-refractivity contribution in [3.8, 4) is 0 Å². The van der Waals surface area contributed by atoms with E-state index in [1.165, 1.54) is 25.7 Å². The van der Waals surface area contributed by atoms with Gasteiger partial charge in [-0.15, -0.1) is 0 Å². The van der Waals surface area contributed by atoms with Crippen LogP contribution in [0.2, 0.25) is 10.0 Å². The van der Waals surface area contributed by atoms with E-state index in [1.807, 2.05) is 0 Å². The van der Waals surface area contributed by atoms with Gasteiger partial charge < -0.3 is 10.4 Å². The number of benzene rings is 1. The highest BCUT2D eigenvalue weighted by Crippen LogP contribution is 2.29. The highest BCUT2D eigenvalue weighted by molar-refractivity contribution is 6.33. The van der Waals surface area contributed by atoms with E-state index >= 15 is 0 Å². The van der Waals surface area contributed by atoms with E-state index in [2.05, 4.69) is 5.32 Å². The monoisotopic (exact) mass is 287 g/mol. The Morgan fingerprint density at radius 3 is 2.78 bits per heavy atom. The maximum atomic E-state index is 10.1. The summed E-state index contributed by atoms with van der Waals surface area (Å²) < 4.78 is 0. The Labute approximate surface area is 118 Å². The molecule has 1 atom stereocenters. The Bertz CT molecular complexity index is 393. The van der Waals surface area contributed by atoms with Gasteiger partial charge in [0.2, 0.25) is 0 Å². The molecule has 0 amide bonds. The van der Waals surface area contributed by atoms with Gasteiger partial charge in [0.15, 0.2) is 0 Å². The van der Waals surface area contributed by atoms with Crippen molar-refractivity contribution in [1.82, 2.24) is 5.32 Å². The van der Waals surface area contributed by atoms with Crippen LogP contribution in [-0.2, 0) is 0 Å². The number of aliphatic hydroxyl groups is 1. The molecule has 0 bridgehead atoms. The van der Waals surface area contributed by atoms with Crippen LogP contribution in [0.25, 0.3) is 0 Å². The molecule has 0 radical (unpaired) electrons. The second-order valence-electron chi connectivity index (χ2n) is 4.97. The number of nitrogens with one attached hydrogen (secondary N) is 1. The molecular weight excluding hydrogens is 269 g/mol. The van der Waals surface area contributed by atoms with Crippen molar-refractivity contribution in [1.29, 1.82) is 0 Å². The molecule has 2 rings (SSSR count). The lowest BCUT2D eigenvalue weighted by Gasteiger charge is -2.25. The molecule has 1 aliphatic carbocycles. The molecule has 2 nitrogen and oxygen atoms in total. The van der Waals surface area contributed by atoms with E-state index in [1.54, 1.807) is 18.2 Å². The summed E-state index contributed by atoms with van der Waals surface area (Å²) in [5.41, 5.74) is 0.695. The largest absolute Gasteiger partial charge is 0.387 e. The summed E-state index contributed by atoms with van der Waals surface area (Å²) in [5.74, 6) is 0.893. The fourth-order valence-corrected chi connectivity index (χ4v) is 2.63. The zero-order valence-electron chi connectivity index (χ0n) is 10.3. The molecule has 100 valence electrons. The summed E-state index contributed by atoms with van der Waals surface area (Å²) in [7, 11) is 0. The van der Waals surface area contributed by atoms with Crippen molar-refractivity contribution in [3.63, 3.8) is 0 Å². The summed E-state index contributed by atoms with van der Waals surface area (Å²) >= 11 is 11.9. The molecule has 0 spiro atoms. The number of hydrogen-bond donors (Lipinski definition) is 2. The van der Waals surface area contributed by atoms with Gasteiger partial charge in [-0.25, -0.2) is 0 Å². The summed E-state index contributed by atoms with van der Waals surface area (Å²) in [4.78, 5) is 0. The Morgan fingerprint density at radius 2 is 2.11 bits per heavy atom. The molecule has 2 N–H and O–H groups in total. The van der Waals surface area contributed by atoms with Crippen LogP contribution >= 0.6 is 23.2 Å². The Hall–Kier alpha value is -0.280.